The van der Waals surface area contributed by atoms with Crippen molar-refractivity contribution in [2.24, 2.45) is 17.1 Å². The molecule has 0 aromatic carbocycles. The van der Waals surface area contributed by atoms with Crippen LogP contribution < -0.4 is 11.1 Å². The van der Waals surface area contributed by atoms with Crippen LogP contribution in [0.25, 0.3) is 0 Å². The molecule has 26 heavy (non-hydrogen) atoms. The van der Waals surface area contributed by atoms with E-state index in [9.17, 15) is 14.7 Å². The molecule has 1 aliphatic rings. The minimum Gasteiger partial charge on any atom is -0.465 e. The second-order valence-electron chi connectivity index (χ2n) is 8.75. The molecule has 0 radical (unpaired) electrons. The number of hydrogen-bond donors (Lipinski definition) is 4. The van der Waals surface area contributed by atoms with Crippen molar-refractivity contribution < 1.29 is 19.8 Å². The molecule has 0 aliphatic carbocycles. The van der Waals surface area contributed by atoms with Gasteiger partial charge in [0.2, 0.25) is 5.91 Å². The van der Waals surface area contributed by atoms with E-state index in [1.165, 1.54) is 0 Å². The fraction of sp³-hybridized carbons (Fsp3) is 0.889. The van der Waals surface area contributed by atoms with Gasteiger partial charge in [0.25, 0.3) is 0 Å². The summed E-state index contributed by atoms with van der Waals surface area (Å²) in [4.78, 5) is 27.5. The van der Waals surface area contributed by atoms with Crippen molar-refractivity contribution in [2.45, 2.75) is 52.6 Å². The van der Waals surface area contributed by atoms with E-state index in [2.05, 4.69) is 44.8 Å². The van der Waals surface area contributed by atoms with Gasteiger partial charge in [0, 0.05) is 32.7 Å². The second kappa shape index (κ2) is 9.01. The van der Waals surface area contributed by atoms with Crippen LogP contribution in [-0.4, -0.2) is 82.9 Å². The topological polar surface area (TPSA) is 119 Å². The van der Waals surface area contributed by atoms with Gasteiger partial charge in [-0.25, -0.2) is 4.79 Å². The lowest BCUT2D eigenvalue weighted by Gasteiger charge is -2.49. The number of carbonyl (C=O) groups excluding carboxylic acids is 1. The smallest absolute Gasteiger partial charge is 0.405 e. The minimum atomic E-state index is -1.01. The highest BCUT2D eigenvalue weighted by molar-refractivity contribution is 5.81. The number of carboxylic acid groups (broad SMARTS) is 1. The Labute approximate surface area is 156 Å². The van der Waals surface area contributed by atoms with Crippen LogP contribution in [0.3, 0.4) is 0 Å². The minimum absolute atomic E-state index is 0.236. The van der Waals surface area contributed by atoms with E-state index >= 15 is 0 Å². The van der Waals surface area contributed by atoms with E-state index in [1.54, 1.807) is 4.90 Å². The van der Waals surface area contributed by atoms with Gasteiger partial charge in [0.15, 0.2) is 0 Å². The largest absolute Gasteiger partial charge is 0.465 e. The summed E-state index contributed by atoms with van der Waals surface area (Å²) in [6.07, 6.45) is -0.277. The average molecular weight is 373 g/mol. The van der Waals surface area contributed by atoms with Crippen LogP contribution in [0.5, 0.6) is 0 Å². The number of nitrogens with zero attached hydrogens (tertiary/aromatic N) is 2. The van der Waals surface area contributed by atoms with Gasteiger partial charge < -0.3 is 26.2 Å². The van der Waals surface area contributed by atoms with Gasteiger partial charge >= 0.3 is 6.09 Å². The molecule has 5 N–H and O–H groups in total. The molecule has 2 amide bonds. The van der Waals surface area contributed by atoms with Gasteiger partial charge in [-0.2, -0.15) is 0 Å². The van der Waals surface area contributed by atoms with Crippen LogP contribution in [0.1, 0.15) is 41.0 Å². The number of aliphatic hydroxyl groups is 1. The maximum absolute atomic E-state index is 12.1. The van der Waals surface area contributed by atoms with Crippen LogP contribution in [0.15, 0.2) is 0 Å². The number of amides is 2. The summed E-state index contributed by atoms with van der Waals surface area (Å²) in [5.41, 5.74) is 4.78. The van der Waals surface area contributed by atoms with Gasteiger partial charge in [-0.05, 0) is 17.8 Å². The quantitative estimate of drug-likeness (QED) is 0.518. The summed E-state index contributed by atoms with van der Waals surface area (Å²) >= 11 is 0. The third kappa shape index (κ3) is 5.82. The monoisotopic (exact) mass is 372 g/mol. The first-order valence-corrected chi connectivity index (χ1v) is 9.30. The number of hydrogen-bond acceptors (Lipinski definition) is 5. The molecule has 8 heteroatoms. The van der Waals surface area contributed by atoms with Gasteiger partial charge in [-0.15, -0.1) is 0 Å². The van der Waals surface area contributed by atoms with E-state index in [1.807, 2.05) is 0 Å². The zero-order chi connectivity index (χ0) is 20.1. The van der Waals surface area contributed by atoms with Crippen molar-refractivity contribution in [2.75, 3.05) is 39.3 Å². The Morgan fingerprint density at radius 1 is 1.15 bits per heavy atom. The third-order valence-electron chi connectivity index (χ3n) is 5.23. The van der Waals surface area contributed by atoms with Crippen LogP contribution in [0, 0.1) is 11.3 Å². The van der Waals surface area contributed by atoms with Gasteiger partial charge in [0.05, 0.1) is 12.1 Å². The number of nitrogens with two attached hydrogens (primary N) is 1. The normalized spacial score (nSPS) is 19.9. The Hall–Kier alpha value is -1.38. The molecule has 0 unspecified atom stereocenters. The van der Waals surface area contributed by atoms with Gasteiger partial charge in [-0.3, -0.25) is 9.69 Å². The van der Waals surface area contributed by atoms with Crippen molar-refractivity contribution in [3.63, 3.8) is 0 Å². The molecule has 1 rings (SSSR count). The summed E-state index contributed by atoms with van der Waals surface area (Å²) in [5, 5.41) is 21.3. The Morgan fingerprint density at radius 2 is 1.69 bits per heavy atom. The summed E-state index contributed by atoms with van der Waals surface area (Å²) < 4.78 is 0. The molecule has 152 valence electrons. The Kier molecular flexibility index (Phi) is 7.85. The van der Waals surface area contributed by atoms with E-state index in [0.29, 0.717) is 38.6 Å². The average Bonchev–Trinajstić information content (AvgIpc) is 2.51. The lowest BCUT2D eigenvalue weighted by atomic mass is 9.69. The first-order chi connectivity index (χ1) is 11.9. The molecule has 1 heterocycles. The number of piperazine rings is 1. The lowest BCUT2D eigenvalue weighted by Crippen LogP contribution is -2.65. The molecule has 0 aromatic rings. The summed E-state index contributed by atoms with van der Waals surface area (Å²) in [7, 11) is 0. The summed E-state index contributed by atoms with van der Waals surface area (Å²) in [5.74, 6) is 0.103. The fourth-order valence-corrected chi connectivity index (χ4v) is 3.61. The fourth-order valence-electron chi connectivity index (χ4n) is 3.61. The molecule has 1 aliphatic heterocycles. The summed E-state index contributed by atoms with van der Waals surface area (Å²) in [6.45, 7) is 13.0. The van der Waals surface area contributed by atoms with Gasteiger partial charge in [-0.1, -0.05) is 34.6 Å². The predicted octanol–water partition coefficient (Wildman–Crippen LogP) is 0.549. The zero-order valence-corrected chi connectivity index (χ0v) is 16.8. The Morgan fingerprint density at radius 3 is 2.08 bits per heavy atom. The van der Waals surface area contributed by atoms with Crippen molar-refractivity contribution >= 4 is 12.0 Å². The number of nitrogens with one attached hydrogen (secondary N) is 1. The first-order valence-electron chi connectivity index (χ1n) is 9.30. The highest BCUT2D eigenvalue weighted by Crippen LogP contribution is 2.37. The first kappa shape index (κ1) is 22.7. The highest BCUT2D eigenvalue weighted by Gasteiger charge is 2.45. The molecule has 2 atom stereocenters. The number of rotatable bonds is 7. The van der Waals surface area contributed by atoms with Crippen LogP contribution in [0.4, 0.5) is 4.79 Å². The molecule has 1 fully saturated rings. The number of carbonyl (C=O) groups is 2. The Balaban J connectivity index is 2.87. The van der Waals surface area contributed by atoms with E-state index in [0.717, 1.165) is 6.42 Å². The van der Waals surface area contributed by atoms with Crippen LogP contribution in [0.2, 0.25) is 0 Å². The zero-order valence-electron chi connectivity index (χ0n) is 16.8. The maximum atomic E-state index is 12.1. The standard InChI is InChI=1S/C18H36N4O4/c1-13(2)10-18(17(3,4)5,20-16(25)26)12-21-6-8-22(9-7-21)15(24)14(19)11-23/h13-14,20,23H,6-12,19H2,1-5H3,(H,25,26)/t14-,18+/m0/s1. The lowest BCUT2D eigenvalue weighted by molar-refractivity contribution is -0.135. The third-order valence-corrected chi connectivity index (χ3v) is 5.23. The van der Waals surface area contributed by atoms with E-state index in [-0.39, 0.29) is 17.9 Å². The van der Waals surface area contributed by atoms with Crippen LogP contribution in [-0.2, 0) is 4.79 Å². The number of aliphatic hydroxyl groups excluding tert-OH is 1. The molecule has 0 aromatic heterocycles. The van der Waals surface area contributed by atoms with Crippen LogP contribution >= 0.6 is 0 Å². The Bertz CT molecular complexity index is 484. The maximum Gasteiger partial charge on any atom is 0.405 e. The van der Waals surface area contributed by atoms with E-state index < -0.39 is 17.7 Å². The van der Waals surface area contributed by atoms with Crippen molar-refractivity contribution in [3.8, 4) is 0 Å². The predicted molar refractivity (Wildman–Crippen MR) is 101 cm³/mol. The molecular weight excluding hydrogens is 336 g/mol. The van der Waals surface area contributed by atoms with E-state index in [4.69, 9.17) is 10.8 Å². The molecule has 0 spiro atoms. The summed E-state index contributed by atoms with van der Waals surface area (Å²) in [6, 6.07) is -0.871. The molecule has 8 nitrogen and oxygen atoms in total. The van der Waals surface area contributed by atoms with Crippen molar-refractivity contribution in [1.29, 1.82) is 0 Å². The second-order valence-corrected chi connectivity index (χ2v) is 8.75. The highest BCUT2D eigenvalue weighted by atomic mass is 16.4. The van der Waals surface area contributed by atoms with Crippen molar-refractivity contribution in [1.82, 2.24) is 15.1 Å². The SMILES string of the molecule is CC(C)C[C@](CN1CCN(C(=O)[C@@H](N)CO)CC1)(NC(=O)O)C(C)(C)C. The molecule has 1 saturated heterocycles. The van der Waals surface area contributed by atoms with Gasteiger partial charge in [0.1, 0.15) is 6.04 Å². The molecule has 0 bridgehead atoms. The molecule has 0 saturated carbocycles. The molecular formula is C18H36N4O4. The van der Waals surface area contributed by atoms with Crippen molar-refractivity contribution in [3.05, 3.63) is 0 Å².